The highest BCUT2D eigenvalue weighted by Gasteiger charge is 2.16. The smallest absolute Gasteiger partial charge is 0.276 e. The average molecular weight is 354 g/mol. The number of carbonyl (C=O) groups is 1. The lowest BCUT2D eigenvalue weighted by Crippen LogP contribution is -2.14. The van der Waals surface area contributed by atoms with E-state index >= 15 is 0 Å². The van der Waals surface area contributed by atoms with Gasteiger partial charge >= 0.3 is 0 Å². The minimum atomic E-state index is -0.479. The summed E-state index contributed by atoms with van der Waals surface area (Å²) in [5, 5.41) is 13.8. The summed E-state index contributed by atoms with van der Waals surface area (Å²) in [6.45, 7) is 6.23. The molecule has 0 unspecified atom stereocenters. The molecule has 0 aliphatic rings. The summed E-state index contributed by atoms with van der Waals surface area (Å²) < 4.78 is 5.30. The highest BCUT2D eigenvalue weighted by atomic mass is 16.6. The maximum atomic E-state index is 12.3. The van der Waals surface area contributed by atoms with Crippen molar-refractivity contribution in [2.24, 2.45) is 0 Å². The number of anilines is 1. The summed E-state index contributed by atoms with van der Waals surface area (Å²) >= 11 is 0. The molecular formula is C20H22N2O4. The first kappa shape index (κ1) is 19.2. The third-order valence-corrected chi connectivity index (χ3v) is 3.87. The highest BCUT2D eigenvalue weighted by Crippen LogP contribution is 2.31. The number of nitrogens with zero attached hydrogens (tertiary/aromatic N) is 1. The van der Waals surface area contributed by atoms with Gasteiger partial charge in [0.15, 0.2) is 0 Å². The Morgan fingerprint density at radius 3 is 2.50 bits per heavy atom. The number of benzene rings is 2. The van der Waals surface area contributed by atoms with Crippen molar-refractivity contribution in [2.45, 2.75) is 26.2 Å². The van der Waals surface area contributed by atoms with Gasteiger partial charge in [-0.3, -0.25) is 14.9 Å². The Morgan fingerprint density at radius 2 is 1.88 bits per heavy atom. The molecule has 0 fully saturated rings. The van der Waals surface area contributed by atoms with Crippen molar-refractivity contribution in [3.63, 3.8) is 0 Å². The number of methoxy groups -OCH3 is 1. The molecule has 0 atom stereocenters. The van der Waals surface area contributed by atoms with E-state index in [0.29, 0.717) is 17.0 Å². The first-order valence-corrected chi connectivity index (χ1v) is 8.13. The Balaban J connectivity index is 2.24. The highest BCUT2D eigenvalue weighted by molar-refractivity contribution is 6.03. The van der Waals surface area contributed by atoms with Crippen LogP contribution in [0, 0.1) is 10.1 Å². The number of carbonyl (C=O) groups excluding carboxylic acids is 1. The molecule has 0 heterocycles. The number of ether oxygens (including phenoxy) is 1. The van der Waals surface area contributed by atoms with E-state index in [1.807, 2.05) is 18.2 Å². The second-order valence-electron chi connectivity index (χ2n) is 6.80. The number of nitro groups is 1. The summed E-state index contributed by atoms with van der Waals surface area (Å²) in [7, 11) is 1.53. The fourth-order valence-electron chi connectivity index (χ4n) is 2.41. The standard InChI is InChI=1S/C20H22N2O4/c1-20(2,3)15-10-11-18(26-4)16(13-15)21-19(23)12-9-14-7-5-6-8-17(14)22(24)25/h5-13H,1-4H3,(H,21,23)/b12-9+. The summed E-state index contributed by atoms with van der Waals surface area (Å²) in [4.78, 5) is 22.8. The van der Waals surface area contributed by atoms with Crippen LogP contribution in [-0.2, 0) is 10.2 Å². The maximum Gasteiger partial charge on any atom is 0.276 e. The van der Waals surface area contributed by atoms with E-state index in [4.69, 9.17) is 4.74 Å². The third-order valence-electron chi connectivity index (χ3n) is 3.87. The fraction of sp³-hybridized carbons (Fsp3) is 0.250. The van der Waals surface area contributed by atoms with Crippen LogP contribution in [0.1, 0.15) is 31.9 Å². The van der Waals surface area contributed by atoms with Crippen molar-refractivity contribution in [1.29, 1.82) is 0 Å². The number of para-hydroxylation sites is 1. The van der Waals surface area contributed by atoms with Crippen molar-refractivity contribution in [3.8, 4) is 5.75 Å². The third kappa shape index (κ3) is 4.69. The zero-order chi connectivity index (χ0) is 19.3. The molecule has 1 N–H and O–H groups in total. The number of amides is 1. The Labute approximate surface area is 152 Å². The first-order chi connectivity index (χ1) is 12.2. The van der Waals surface area contributed by atoms with Crippen LogP contribution >= 0.6 is 0 Å². The van der Waals surface area contributed by atoms with Crippen LogP contribution in [-0.4, -0.2) is 17.9 Å². The Bertz CT molecular complexity index is 851. The Hall–Kier alpha value is -3.15. The molecule has 136 valence electrons. The second kappa shape index (κ2) is 7.82. The molecule has 6 heteroatoms. The Kier molecular flexibility index (Phi) is 5.77. The van der Waals surface area contributed by atoms with Gasteiger partial charge in [0.2, 0.25) is 5.91 Å². The van der Waals surface area contributed by atoms with Gasteiger partial charge in [0.05, 0.1) is 23.3 Å². The largest absolute Gasteiger partial charge is 0.495 e. The van der Waals surface area contributed by atoms with E-state index in [2.05, 4.69) is 26.1 Å². The van der Waals surface area contributed by atoms with Gasteiger partial charge in [-0.25, -0.2) is 0 Å². The van der Waals surface area contributed by atoms with Gasteiger partial charge in [-0.1, -0.05) is 39.0 Å². The number of rotatable bonds is 5. The topological polar surface area (TPSA) is 81.5 Å². The summed E-state index contributed by atoms with van der Waals surface area (Å²) in [5.74, 6) is 0.151. The Morgan fingerprint density at radius 1 is 1.19 bits per heavy atom. The summed E-state index contributed by atoms with van der Waals surface area (Å²) in [6, 6.07) is 11.9. The van der Waals surface area contributed by atoms with Crippen LogP contribution < -0.4 is 10.1 Å². The molecule has 26 heavy (non-hydrogen) atoms. The average Bonchev–Trinajstić information content (AvgIpc) is 2.59. The van der Waals surface area contributed by atoms with Gasteiger partial charge in [-0.05, 0) is 35.3 Å². The molecule has 0 aromatic heterocycles. The molecule has 2 rings (SSSR count). The zero-order valence-electron chi connectivity index (χ0n) is 15.3. The quantitative estimate of drug-likeness (QED) is 0.485. The molecule has 0 aliphatic carbocycles. The molecule has 2 aromatic rings. The zero-order valence-corrected chi connectivity index (χ0v) is 15.3. The number of hydrogen-bond donors (Lipinski definition) is 1. The normalized spacial score (nSPS) is 11.4. The van der Waals surface area contributed by atoms with Crippen molar-refractivity contribution in [3.05, 3.63) is 69.8 Å². The van der Waals surface area contributed by atoms with Gasteiger partial charge in [-0.15, -0.1) is 0 Å². The molecule has 0 spiro atoms. The molecule has 0 bridgehead atoms. The predicted molar refractivity (Wildman–Crippen MR) is 102 cm³/mol. The molecule has 0 aliphatic heterocycles. The molecule has 2 aromatic carbocycles. The van der Waals surface area contributed by atoms with Crippen LogP contribution in [0.5, 0.6) is 5.75 Å². The van der Waals surface area contributed by atoms with Gasteiger partial charge < -0.3 is 10.1 Å². The van der Waals surface area contributed by atoms with E-state index < -0.39 is 10.8 Å². The van der Waals surface area contributed by atoms with Gasteiger partial charge in [0, 0.05) is 12.1 Å². The van der Waals surface area contributed by atoms with E-state index in [-0.39, 0.29) is 11.1 Å². The van der Waals surface area contributed by atoms with Gasteiger partial charge in [-0.2, -0.15) is 0 Å². The molecule has 0 radical (unpaired) electrons. The van der Waals surface area contributed by atoms with Crippen molar-refractivity contribution in [2.75, 3.05) is 12.4 Å². The van der Waals surface area contributed by atoms with Crippen LogP contribution in [0.15, 0.2) is 48.5 Å². The fourth-order valence-corrected chi connectivity index (χ4v) is 2.41. The SMILES string of the molecule is COc1ccc(C(C)(C)C)cc1NC(=O)/C=C/c1ccccc1[N+](=O)[O-]. The number of nitro benzene ring substituents is 1. The molecule has 6 nitrogen and oxygen atoms in total. The van der Waals surface area contributed by atoms with Gasteiger partial charge in [0.25, 0.3) is 5.69 Å². The van der Waals surface area contributed by atoms with E-state index in [9.17, 15) is 14.9 Å². The first-order valence-electron chi connectivity index (χ1n) is 8.13. The molecule has 0 saturated carbocycles. The van der Waals surface area contributed by atoms with Gasteiger partial charge in [0.1, 0.15) is 5.75 Å². The maximum absolute atomic E-state index is 12.3. The number of nitrogens with one attached hydrogen (secondary N) is 1. The van der Waals surface area contributed by atoms with Crippen LogP contribution in [0.4, 0.5) is 11.4 Å². The van der Waals surface area contributed by atoms with E-state index in [0.717, 1.165) is 5.56 Å². The van der Waals surface area contributed by atoms with Crippen LogP contribution in [0.25, 0.3) is 6.08 Å². The van der Waals surface area contributed by atoms with E-state index in [1.54, 1.807) is 18.2 Å². The van der Waals surface area contributed by atoms with E-state index in [1.165, 1.54) is 25.3 Å². The molecule has 0 saturated heterocycles. The lowest BCUT2D eigenvalue weighted by molar-refractivity contribution is -0.385. The van der Waals surface area contributed by atoms with Crippen molar-refractivity contribution in [1.82, 2.24) is 0 Å². The number of hydrogen-bond acceptors (Lipinski definition) is 4. The minimum Gasteiger partial charge on any atom is -0.495 e. The lowest BCUT2D eigenvalue weighted by atomic mass is 9.87. The molecule has 1 amide bonds. The predicted octanol–water partition coefficient (Wildman–Crippen LogP) is 4.55. The summed E-state index contributed by atoms with van der Waals surface area (Å²) in [5.41, 5.74) is 1.84. The lowest BCUT2D eigenvalue weighted by Gasteiger charge is -2.21. The van der Waals surface area contributed by atoms with Crippen LogP contribution in [0.2, 0.25) is 0 Å². The summed E-state index contributed by atoms with van der Waals surface area (Å²) in [6.07, 6.45) is 2.69. The van der Waals surface area contributed by atoms with Crippen LogP contribution in [0.3, 0.4) is 0 Å². The molecular weight excluding hydrogens is 332 g/mol. The minimum absolute atomic E-state index is 0.0520. The monoisotopic (exact) mass is 354 g/mol. The van der Waals surface area contributed by atoms with Crippen molar-refractivity contribution < 1.29 is 14.5 Å². The second-order valence-corrected chi connectivity index (χ2v) is 6.80. The van der Waals surface area contributed by atoms with Crippen molar-refractivity contribution >= 4 is 23.4 Å².